The highest BCUT2D eigenvalue weighted by Crippen LogP contribution is 2.71. The monoisotopic (exact) mass is 943 g/mol. The van der Waals surface area contributed by atoms with Gasteiger partial charge in [-0.2, -0.15) is 0 Å². The molecule has 4 unspecified atom stereocenters. The molecule has 0 amide bonds. The molecule has 24 atom stereocenters. The van der Waals surface area contributed by atoms with Gasteiger partial charge in [0, 0.05) is 35.5 Å². The Labute approximate surface area is 402 Å². The first-order chi connectivity index (χ1) is 31.5. The summed E-state index contributed by atoms with van der Waals surface area (Å²) in [5.74, 6) is 5.92. The van der Waals surface area contributed by atoms with Crippen molar-refractivity contribution in [3.8, 4) is 0 Å². The van der Waals surface area contributed by atoms with Crippen LogP contribution in [0.5, 0.6) is 0 Å². The first-order valence-electron chi connectivity index (χ1n) is 28.2. The Hall–Kier alpha value is -0.170. The van der Waals surface area contributed by atoms with Crippen molar-refractivity contribution >= 4 is 10.8 Å². The summed E-state index contributed by atoms with van der Waals surface area (Å²) < 4.78 is 39.2. The van der Waals surface area contributed by atoms with Crippen LogP contribution in [0, 0.1) is 92.7 Å². The van der Waals surface area contributed by atoms with Gasteiger partial charge >= 0.3 is 0 Å². The molecular weight excluding hydrogens is 849 g/mol. The van der Waals surface area contributed by atoms with E-state index in [1.807, 2.05) is 0 Å². The lowest BCUT2D eigenvalue weighted by molar-refractivity contribution is -0.224. The summed E-state index contributed by atoms with van der Waals surface area (Å²) >= 11 is 0. The zero-order chi connectivity index (χ0) is 46.3. The number of fused-ring (bicyclic) bond motifs is 10. The van der Waals surface area contributed by atoms with Crippen LogP contribution in [-0.2, 0) is 29.7 Å². The van der Waals surface area contributed by atoms with Crippen molar-refractivity contribution in [2.75, 3.05) is 24.7 Å². The third kappa shape index (κ3) is 8.53. The Morgan fingerprint density at radius 1 is 0.576 bits per heavy atom. The molecule has 8 saturated carbocycles. The lowest BCUT2D eigenvalue weighted by atomic mass is 9.42. The summed E-state index contributed by atoms with van der Waals surface area (Å²) in [5.41, 5.74) is 0.0735. The first kappa shape index (κ1) is 49.4. The van der Waals surface area contributed by atoms with Crippen LogP contribution in [0.4, 0.5) is 0 Å². The molecule has 2 aliphatic heterocycles. The van der Waals surface area contributed by atoms with E-state index in [1.54, 1.807) is 0 Å². The standard InChI is InChI=1S/C56H94O9S/c1-33-27-37(64-49-11-7-9-23-62-49)29-35-13-15-39-43(55(33,35)5)17-21-53(3)47(59)31-41(51(39)53)45(57)19-25-66(61)26-20-46(58)42-32-48(60)54(4)22-18-44-40(52(42)54)16-14-36-30-38(28-34(2)56(36,44)6)65-50-12-8-10-24-63-50/h33-52,57-60H,7-32H2,1-6H3/t33-,34-,35-,36-,37+,38+,39+,40+,41+,42+,43-,44-,45?,46?,47-,48-,49?,50?,51+,52+,53+,54+,55-,56-,66?/m0/s1. The fourth-order valence-electron chi connectivity index (χ4n) is 19.8. The molecule has 0 aromatic rings. The number of rotatable bonds is 12. The summed E-state index contributed by atoms with van der Waals surface area (Å²) in [6, 6.07) is 0. The summed E-state index contributed by atoms with van der Waals surface area (Å²) in [6.45, 7) is 16.4. The Balaban J connectivity index is 0.746. The van der Waals surface area contributed by atoms with Crippen molar-refractivity contribution < 1.29 is 43.6 Å². The minimum atomic E-state index is -1.17. The first-order valence-corrected chi connectivity index (χ1v) is 29.7. The zero-order valence-corrected chi connectivity index (χ0v) is 43.0. The summed E-state index contributed by atoms with van der Waals surface area (Å²) in [5, 5.41) is 47.7. The number of ether oxygens (including phenoxy) is 4. The van der Waals surface area contributed by atoms with E-state index >= 15 is 0 Å². The number of aliphatic hydroxyl groups is 4. The van der Waals surface area contributed by atoms with Crippen molar-refractivity contribution in [2.24, 2.45) is 92.7 Å². The summed E-state index contributed by atoms with van der Waals surface area (Å²) in [6.07, 6.45) is 20.8. The molecule has 2 saturated heterocycles. The highest BCUT2D eigenvalue weighted by molar-refractivity contribution is 7.84. The van der Waals surface area contributed by atoms with Gasteiger partial charge < -0.3 is 39.4 Å². The largest absolute Gasteiger partial charge is 0.393 e. The van der Waals surface area contributed by atoms with Crippen LogP contribution >= 0.6 is 0 Å². The molecule has 378 valence electrons. The van der Waals surface area contributed by atoms with Crippen LogP contribution in [0.15, 0.2) is 0 Å². The molecule has 10 heteroatoms. The topological polar surface area (TPSA) is 135 Å². The fourth-order valence-corrected chi connectivity index (χ4v) is 21.0. The molecule has 10 rings (SSSR count). The number of hydrogen-bond donors (Lipinski definition) is 4. The molecule has 0 radical (unpaired) electrons. The molecule has 8 aliphatic carbocycles. The van der Waals surface area contributed by atoms with E-state index in [2.05, 4.69) is 41.5 Å². The van der Waals surface area contributed by atoms with E-state index in [0.29, 0.717) is 84.5 Å². The van der Waals surface area contributed by atoms with Gasteiger partial charge in [-0.1, -0.05) is 41.5 Å². The molecule has 10 aliphatic rings. The lowest BCUT2D eigenvalue weighted by Crippen LogP contribution is -2.58. The van der Waals surface area contributed by atoms with E-state index in [4.69, 9.17) is 18.9 Å². The van der Waals surface area contributed by atoms with Gasteiger partial charge in [-0.25, -0.2) is 0 Å². The minimum Gasteiger partial charge on any atom is -0.393 e. The van der Waals surface area contributed by atoms with E-state index in [0.717, 1.165) is 103 Å². The number of aliphatic hydroxyl groups excluding tert-OH is 4. The average molecular weight is 943 g/mol. The molecule has 0 bridgehead atoms. The molecule has 0 aromatic heterocycles. The quantitative estimate of drug-likeness (QED) is 0.141. The maximum absolute atomic E-state index is 13.9. The predicted molar refractivity (Wildman–Crippen MR) is 258 cm³/mol. The minimum absolute atomic E-state index is 0.0176. The van der Waals surface area contributed by atoms with E-state index in [-0.39, 0.29) is 70.1 Å². The lowest BCUT2D eigenvalue weighted by Gasteiger charge is -2.63. The van der Waals surface area contributed by atoms with Crippen molar-refractivity contribution in [3.05, 3.63) is 0 Å². The van der Waals surface area contributed by atoms with Crippen molar-refractivity contribution in [3.63, 3.8) is 0 Å². The van der Waals surface area contributed by atoms with Crippen LogP contribution in [0.1, 0.15) is 183 Å². The Kier molecular flexibility index (Phi) is 14.5. The predicted octanol–water partition coefficient (Wildman–Crippen LogP) is 9.81. The van der Waals surface area contributed by atoms with Gasteiger partial charge in [0.2, 0.25) is 0 Å². The molecule has 66 heavy (non-hydrogen) atoms. The molecule has 4 N–H and O–H groups in total. The van der Waals surface area contributed by atoms with E-state index in [9.17, 15) is 24.6 Å². The molecule has 0 spiro atoms. The van der Waals surface area contributed by atoms with Gasteiger partial charge in [0.05, 0.1) is 36.6 Å². The van der Waals surface area contributed by atoms with Crippen molar-refractivity contribution in [1.29, 1.82) is 0 Å². The van der Waals surface area contributed by atoms with Crippen LogP contribution in [0.25, 0.3) is 0 Å². The van der Waals surface area contributed by atoms with Crippen LogP contribution in [0.3, 0.4) is 0 Å². The van der Waals surface area contributed by atoms with E-state index < -0.39 is 35.2 Å². The van der Waals surface area contributed by atoms with Crippen molar-refractivity contribution in [2.45, 2.75) is 232 Å². The molecule has 2 heterocycles. The van der Waals surface area contributed by atoms with Gasteiger partial charge in [-0.15, -0.1) is 0 Å². The smallest absolute Gasteiger partial charge is 0.157 e. The normalized spacial score (nSPS) is 53.8. The highest BCUT2D eigenvalue weighted by atomic mass is 32.2. The van der Waals surface area contributed by atoms with Gasteiger partial charge in [0.15, 0.2) is 12.6 Å². The summed E-state index contributed by atoms with van der Waals surface area (Å²) in [4.78, 5) is 0. The second kappa shape index (κ2) is 19.4. The maximum Gasteiger partial charge on any atom is 0.157 e. The van der Waals surface area contributed by atoms with Gasteiger partial charge in [0.1, 0.15) is 0 Å². The zero-order valence-electron chi connectivity index (χ0n) is 42.2. The Bertz CT molecular complexity index is 1570. The Morgan fingerprint density at radius 3 is 1.39 bits per heavy atom. The van der Waals surface area contributed by atoms with Crippen molar-refractivity contribution in [1.82, 2.24) is 0 Å². The summed E-state index contributed by atoms with van der Waals surface area (Å²) in [7, 11) is -1.17. The third-order valence-electron chi connectivity index (χ3n) is 23.6. The van der Waals surface area contributed by atoms with E-state index in [1.165, 1.54) is 25.7 Å². The van der Waals surface area contributed by atoms with Crippen LogP contribution in [0.2, 0.25) is 0 Å². The molecule has 9 nitrogen and oxygen atoms in total. The fraction of sp³-hybridized carbons (Fsp3) is 1.00. The maximum atomic E-state index is 13.9. The SMILES string of the molecule is C[C@H]1C[C@@H](OC2CCCCO2)C[C@@H]2CC[C@H]3[C@@H]4[C@@H](C(O)CCS(=O)CCC(O)[C@H]5C[C@H](O)[C@@]6(C)CC[C@H]7[C@@H](CC[C@H]8C[C@H](OC9CCCCO9)C[C@H](C)[C@@]87C)[C@H]56)C[C@H](O)[C@@]4(C)CC[C@@H]3[C@]21C. The molecule has 10 fully saturated rings. The second-order valence-electron chi connectivity index (χ2n) is 26.2. The molecule has 0 aromatic carbocycles. The van der Waals surface area contributed by atoms with Crippen LogP contribution in [-0.4, -0.2) is 98.6 Å². The Morgan fingerprint density at radius 2 is 1.00 bits per heavy atom. The molecular formula is C56H94O9S. The van der Waals surface area contributed by atoms with Gasteiger partial charge in [-0.3, -0.25) is 4.21 Å². The van der Waals surface area contributed by atoms with Gasteiger partial charge in [0.25, 0.3) is 0 Å². The number of hydrogen-bond acceptors (Lipinski definition) is 9. The average Bonchev–Trinajstić information content (AvgIpc) is 3.74. The second-order valence-corrected chi connectivity index (χ2v) is 27.9. The van der Waals surface area contributed by atoms with Gasteiger partial charge in [-0.05, 0) is 234 Å². The highest BCUT2D eigenvalue weighted by Gasteiger charge is 2.66. The third-order valence-corrected chi connectivity index (χ3v) is 25.0. The van der Waals surface area contributed by atoms with Crippen LogP contribution < -0.4 is 0 Å².